The van der Waals surface area contributed by atoms with Gasteiger partial charge in [-0.05, 0) is 32.3 Å². The Kier molecular flexibility index (Phi) is 8.35. The van der Waals surface area contributed by atoms with Gasteiger partial charge in [0, 0.05) is 7.05 Å². The minimum Gasteiger partial charge on any atom is -0.467 e. The molecule has 1 aliphatic rings. The molecular formula is C21H29N3O6. The number of urea groups is 1. The van der Waals surface area contributed by atoms with Crippen molar-refractivity contribution in [2.45, 2.75) is 44.8 Å². The molecule has 0 spiro atoms. The molecule has 1 aromatic carbocycles. The van der Waals surface area contributed by atoms with Gasteiger partial charge in [0.05, 0.1) is 26.3 Å². The topological polar surface area (TPSA) is 105 Å². The van der Waals surface area contributed by atoms with Crippen molar-refractivity contribution in [2.24, 2.45) is 0 Å². The number of benzene rings is 1. The molecule has 0 bridgehead atoms. The largest absolute Gasteiger partial charge is 0.467 e. The van der Waals surface area contributed by atoms with E-state index in [4.69, 9.17) is 9.47 Å². The summed E-state index contributed by atoms with van der Waals surface area (Å²) in [5.41, 5.74) is 1.05. The quantitative estimate of drug-likeness (QED) is 0.595. The smallest absolute Gasteiger partial charge is 0.331 e. The summed E-state index contributed by atoms with van der Waals surface area (Å²) in [6.07, 6.45) is 1.02. The van der Waals surface area contributed by atoms with Gasteiger partial charge in [-0.15, -0.1) is 0 Å². The first-order chi connectivity index (χ1) is 14.3. The molecule has 1 aromatic rings. The summed E-state index contributed by atoms with van der Waals surface area (Å²) in [4.78, 5) is 52.0. The lowest BCUT2D eigenvalue weighted by molar-refractivity contribution is -0.150. The lowest BCUT2D eigenvalue weighted by Gasteiger charge is -2.26. The highest BCUT2D eigenvalue weighted by atomic mass is 16.5. The van der Waals surface area contributed by atoms with Crippen LogP contribution in [0.5, 0.6) is 0 Å². The number of likely N-dealkylation sites (N-methyl/N-ethyl adjacent to an activating group) is 1. The Morgan fingerprint density at radius 2 is 1.90 bits per heavy atom. The zero-order valence-corrected chi connectivity index (χ0v) is 17.8. The van der Waals surface area contributed by atoms with E-state index in [-0.39, 0.29) is 13.2 Å². The summed E-state index contributed by atoms with van der Waals surface area (Å²) in [5, 5.41) is 2.97. The standard InChI is InChI=1S/C21H29N3O6/c1-5-30-19(26)16(12-11-15-9-7-6-8-10-15)22-14(2)18(25)24-17(20(27)29-4)13-23(3)21(24)28/h6-10,14,16-17,22H,5,11-13H2,1-4H3/t14-,16-,17-/m0/s1. The molecule has 0 aliphatic carbocycles. The fourth-order valence-electron chi connectivity index (χ4n) is 3.35. The number of imide groups is 1. The van der Waals surface area contributed by atoms with Crippen LogP contribution in [0.25, 0.3) is 0 Å². The van der Waals surface area contributed by atoms with E-state index in [2.05, 4.69) is 5.32 Å². The van der Waals surface area contributed by atoms with Crippen LogP contribution in [-0.2, 0) is 30.3 Å². The van der Waals surface area contributed by atoms with E-state index in [1.54, 1.807) is 13.8 Å². The van der Waals surface area contributed by atoms with Crippen molar-refractivity contribution >= 4 is 23.9 Å². The van der Waals surface area contributed by atoms with Gasteiger partial charge in [-0.2, -0.15) is 0 Å². The van der Waals surface area contributed by atoms with Crippen LogP contribution in [-0.4, -0.2) is 79.1 Å². The Morgan fingerprint density at radius 1 is 1.23 bits per heavy atom. The molecule has 9 nitrogen and oxygen atoms in total. The van der Waals surface area contributed by atoms with Gasteiger partial charge in [0.1, 0.15) is 6.04 Å². The maximum absolute atomic E-state index is 13.0. The second-order valence-corrected chi connectivity index (χ2v) is 7.13. The van der Waals surface area contributed by atoms with Crippen molar-refractivity contribution in [3.05, 3.63) is 35.9 Å². The normalized spacial score (nSPS) is 18.1. The molecule has 3 amide bonds. The van der Waals surface area contributed by atoms with Gasteiger partial charge >= 0.3 is 18.0 Å². The molecule has 0 radical (unpaired) electrons. The molecule has 2 rings (SSSR count). The Hall–Kier alpha value is -2.94. The molecule has 1 saturated heterocycles. The van der Waals surface area contributed by atoms with Crippen molar-refractivity contribution < 1.29 is 28.7 Å². The predicted molar refractivity (Wildman–Crippen MR) is 108 cm³/mol. The molecular weight excluding hydrogens is 390 g/mol. The fourth-order valence-corrected chi connectivity index (χ4v) is 3.35. The van der Waals surface area contributed by atoms with Gasteiger partial charge in [-0.25, -0.2) is 14.5 Å². The van der Waals surface area contributed by atoms with E-state index in [1.807, 2.05) is 30.3 Å². The average molecular weight is 419 g/mol. The molecule has 30 heavy (non-hydrogen) atoms. The first kappa shape index (κ1) is 23.3. The minimum atomic E-state index is -1.02. The Bertz CT molecular complexity index is 769. The third kappa shape index (κ3) is 5.56. The minimum absolute atomic E-state index is 0.0548. The molecule has 1 aliphatic heterocycles. The van der Waals surface area contributed by atoms with Gasteiger partial charge in [-0.3, -0.25) is 14.9 Å². The molecule has 0 unspecified atom stereocenters. The number of aryl methyl sites for hydroxylation is 1. The zero-order valence-electron chi connectivity index (χ0n) is 17.8. The van der Waals surface area contributed by atoms with Crippen LogP contribution in [0.2, 0.25) is 0 Å². The lowest BCUT2D eigenvalue weighted by atomic mass is 10.0. The zero-order chi connectivity index (χ0) is 22.3. The summed E-state index contributed by atoms with van der Waals surface area (Å²) < 4.78 is 9.86. The average Bonchev–Trinajstić information content (AvgIpc) is 3.05. The molecule has 1 N–H and O–H groups in total. The summed E-state index contributed by atoms with van der Waals surface area (Å²) >= 11 is 0. The molecule has 0 saturated carbocycles. The Balaban J connectivity index is 2.11. The van der Waals surface area contributed by atoms with Crippen LogP contribution < -0.4 is 5.32 Å². The van der Waals surface area contributed by atoms with E-state index in [1.165, 1.54) is 19.1 Å². The second-order valence-electron chi connectivity index (χ2n) is 7.13. The number of methoxy groups -OCH3 is 1. The first-order valence-electron chi connectivity index (χ1n) is 9.92. The van der Waals surface area contributed by atoms with Gasteiger partial charge in [0.25, 0.3) is 0 Å². The first-order valence-corrected chi connectivity index (χ1v) is 9.92. The summed E-state index contributed by atoms with van der Waals surface area (Å²) in [7, 11) is 2.71. The third-order valence-electron chi connectivity index (χ3n) is 4.96. The number of rotatable bonds is 9. The van der Waals surface area contributed by atoms with Crippen molar-refractivity contribution in [3.8, 4) is 0 Å². The van der Waals surface area contributed by atoms with Gasteiger partial charge in [-0.1, -0.05) is 30.3 Å². The van der Waals surface area contributed by atoms with Gasteiger partial charge in [0.15, 0.2) is 6.04 Å². The number of esters is 2. The lowest BCUT2D eigenvalue weighted by Crippen LogP contribution is -2.55. The van der Waals surface area contributed by atoms with Crippen molar-refractivity contribution in [3.63, 3.8) is 0 Å². The van der Waals surface area contributed by atoms with Crippen LogP contribution in [0.4, 0.5) is 4.79 Å². The predicted octanol–water partition coefficient (Wildman–Crippen LogP) is 0.965. The van der Waals surface area contributed by atoms with E-state index in [0.717, 1.165) is 10.5 Å². The number of hydrogen-bond donors (Lipinski definition) is 1. The SMILES string of the molecule is CCOC(=O)[C@H](CCc1ccccc1)N[C@@H](C)C(=O)N1C(=O)N(C)C[C@H]1C(=O)OC. The number of nitrogens with one attached hydrogen (secondary N) is 1. The number of carbonyl (C=O) groups is 4. The van der Waals surface area contributed by atoms with Crippen LogP contribution in [0.3, 0.4) is 0 Å². The monoisotopic (exact) mass is 419 g/mol. The summed E-state index contributed by atoms with van der Waals surface area (Å²) in [6, 6.07) is 6.41. The van der Waals surface area contributed by atoms with Gasteiger partial charge < -0.3 is 14.4 Å². The highest BCUT2D eigenvalue weighted by Gasteiger charge is 2.45. The molecule has 1 fully saturated rings. The fraction of sp³-hybridized carbons (Fsp3) is 0.524. The molecule has 9 heteroatoms. The molecule has 164 valence electrons. The second kappa shape index (κ2) is 10.7. The maximum Gasteiger partial charge on any atom is 0.331 e. The summed E-state index contributed by atoms with van der Waals surface area (Å²) in [6.45, 7) is 3.53. The van der Waals surface area contributed by atoms with Crippen molar-refractivity contribution in [1.82, 2.24) is 15.1 Å². The Labute approximate surface area is 176 Å². The van der Waals surface area contributed by atoms with Crippen LogP contribution in [0.15, 0.2) is 30.3 Å². The van der Waals surface area contributed by atoms with E-state index in [9.17, 15) is 19.2 Å². The van der Waals surface area contributed by atoms with Gasteiger partial charge in [0.2, 0.25) is 5.91 Å². The van der Waals surface area contributed by atoms with E-state index >= 15 is 0 Å². The molecule has 3 atom stereocenters. The van der Waals surface area contributed by atoms with Crippen LogP contribution >= 0.6 is 0 Å². The van der Waals surface area contributed by atoms with E-state index < -0.39 is 42.0 Å². The summed E-state index contributed by atoms with van der Waals surface area (Å²) in [5.74, 6) is -1.74. The van der Waals surface area contributed by atoms with Crippen molar-refractivity contribution in [1.29, 1.82) is 0 Å². The highest BCUT2D eigenvalue weighted by Crippen LogP contribution is 2.18. The number of amides is 3. The van der Waals surface area contributed by atoms with Crippen molar-refractivity contribution in [2.75, 3.05) is 27.3 Å². The molecule has 1 heterocycles. The van der Waals surface area contributed by atoms with E-state index in [0.29, 0.717) is 12.8 Å². The Morgan fingerprint density at radius 3 is 2.50 bits per heavy atom. The third-order valence-corrected chi connectivity index (χ3v) is 4.96. The maximum atomic E-state index is 13.0. The number of hydrogen-bond acceptors (Lipinski definition) is 7. The van der Waals surface area contributed by atoms with Crippen LogP contribution in [0, 0.1) is 0 Å². The number of ether oxygens (including phenoxy) is 2. The number of carbonyl (C=O) groups excluding carboxylic acids is 4. The number of nitrogens with zero attached hydrogens (tertiary/aromatic N) is 2. The van der Waals surface area contributed by atoms with Crippen LogP contribution in [0.1, 0.15) is 25.8 Å². The molecule has 0 aromatic heterocycles. The highest BCUT2D eigenvalue weighted by molar-refractivity contribution is 6.03.